The lowest BCUT2D eigenvalue weighted by Crippen LogP contribution is -2.58. The van der Waals surface area contributed by atoms with Crippen LogP contribution in [0.3, 0.4) is 0 Å². The molecule has 27 heavy (non-hydrogen) atoms. The van der Waals surface area contributed by atoms with Crippen molar-refractivity contribution in [2.24, 2.45) is 0 Å². The van der Waals surface area contributed by atoms with Crippen LogP contribution in [0.5, 0.6) is 0 Å². The van der Waals surface area contributed by atoms with Crippen molar-refractivity contribution in [2.75, 3.05) is 13.1 Å². The Kier molecular flexibility index (Phi) is 4.82. The number of aromatic carboxylic acids is 1. The molecule has 3 rings (SSSR count). The van der Waals surface area contributed by atoms with Crippen LogP contribution in [0, 0.1) is 0 Å². The average Bonchev–Trinajstić information content (AvgIpc) is 2.58. The van der Waals surface area contributed by atoms with Gasteiger partial charge in [-0.1, -0.05) is 36.4 Å². The number of hydrogen-bond acceptors (Lipinski definition) is 3. The maximum Gasteiger partial charge on any atom is 0.336 e. The van der Waals surface area contributed by atoms with Crippen LogP contribution < -0.4 is 0 Å². The highest BCUT2D eigenvalue weighted by molar-refractivity contribution is 6.04. The number of hydrogen-bond donors (Lipinski definition) is 1. The topological polar surface area (TPSA) is 66.8 Å². The number of morpholine rings is 1. The van der Waals surface area contributed by atoms with Crippen LogP contribution in [0.15, 0.2) is 48.5 Å². The lowest BCUT2D eigenvalue weighted by Gasteiger charge is -2.47. The molecule has 0 aromatic heterocycles. The summed E-state index contributed by atoms with van der Waals surface area (Å²) >= 11 is 0. The standard InChI is InChI=1S/C22H25NO4/c1-21(2)13-23(14-22(3,4)27-21)19(24)17-11-7-5-9-15(17)16-10-6-8-12-18(16)20(25)26/h5-12H,13-14H2,1-4H3,(H,25,26). The van der Waals surface area contributed by atoms with Crippen LogP contribution >= 0.6 is 0 Å². The quantitative estimate of drug-likeness (QED) is 0.888. The molecule has 5 heteroatoms. The summed E-state index contributed by atoms with van der Waals surface area (Å²) in [5, 5.41) is 9.53. The second-order valence-electron chi connectivity index (χ2n) is 8.18. The molecule has 0 radical (unpaired) electrons. The average molecular weight is 367 g/mol. The van der Waals surface area contributed by atoms with Crippen molar-refractivity contribution >= 4 is 11.9 Å². The van der Waals surface area contributed by atoms with Crippen LogP contribution in [0.4, 0.5) is 0 Å². The van der Waals surface area contributed by atoms with Crippen LogP contribution in [0.1, 0.15) is 48.4 Å². The van der Waals surface area contributed by atoms with Crippen molar-refractivity contribution < 1.29 is 19.4 Å². The van der Waals surface area contributed by atoms with E-state index in [9.17, 15) is 14.7 Å². The summed E-state index contributed by atoms with van der Waals surface area (Å²) in [4.78, 5) is 26.8. The third-order valence-electron chi connectivity index (χ3n) is 4.59. The normalized spacial score (nSPS) is 18.1. The van der Waals surface area contributed by atoms with Crippen molar-refractivity contribution in [2.45, 2.75) is 38.9 Å². The van der Waals surface area contributed by atoms with Gasteiger partial charge in [0.1, 0.15) is 0 Å². The van der Waals surface area contributed by atoms with Gasteiger partial charge >= 0.3 is 5.97 Å². The molecule has 0 bridgehead atoms. The maximum atomic E-state index is 13.4. The summed E-state index contributed by atoms with van der Waals surface area (Å²) in [7, 11) is 0. The Morgan fingerprint density at radius 1 is 0.852 bits per heavy atom. The van der Waals surface area contributed by atoms with Crippen LogP contribution in [0.25, 0.3) is 11.1 Å². The van der Waals surface area contributed by atoms with Gasteiger partial charge < -0.3 is 14.7 Å². The number of carbonyl (C=O) groups excluding carboxylic acids is 1. The molecule has 1 amide bonds. The minimum absolute atomic E-state index is 0.116. The molecule has 0 unspecified atom stereocenters. The van der Waals surface area contributed by atoms with Crippen molar-refractivity contribution in [3.63, 3.8) is 0 Å². The SMILES string of the molecule is CC1(C)CN(C(=O)c2ccccc2-c2ccccc2C(=O)O)CC(C)(C)O1. The summed E-state index contributed by atoms with van der Waals surface area (Å²) in [6.07, 6.45) is 0. The lowest BCUT2D eigenvalue weighted by molar-refractivity contribution is -0.171. The molecule has 1 aliphatic rings. The highest BCUT2D eigenvalue weighted by Gasteiger charge is 2.40. The van der Waals surface area contributed by atoms with Crippen molar-refractivity contribution in [1.29, 1.82) is 0 Å². The van der Waals surface area contributed by atoms with Crippen molar-refractivity contribution in [1.82, 2.24) is 4.90 Å². The van der Waals surface area contributed by atoms with Crippen molar-refractivity contribution in [3.05, 3.63) is 59.7 Å². The maximum absolute atomic E-state index is 13.4. The van der Waals surface area contributed by atoms with Gasteiger partial charge in [0, 0.05) is 18.7 Å². The van der Waals surface area contributed by atoms with E-state index in [1.807, 2.05) is 33.8 Å². The molecule has 0 saturated carbocycles. The van der Waals surface area contributed by atoms with E-state index in [1.54, 1.807) is 47.4 Å². The first-order valence-electron chi connectivity index (χ1n) is 9.01. The number of ether oxygens (including phenoxy) is 1. The van der Waals surface area contributed by atoms with Gasteiger partial charge in [0.05, 0.1) is 16.8 Å². The van der Waals surface area contributed by atoms with Gasteiger partial charge in [0.25, 0.3) is 5.91 Å². The molecule has 1 fully saturated rings. The fourth-order valence-corrected chi connectivity index (χ4v) is 3.91. The number of carboxylic acids is 1. The molecular weight excluding hydrogens is 342 g/mol. The van der Waals surface area contributed by atoms with Gasteiger partial charge in [-0.2, -0.15) is 0 Å². The summed E-state index contributed by atoms with van der Waals surface area (Å²) in [6.45, 7) is 8.84. The molecule has 2 aromatic carbocycles. The van der Waals surface area contributed by atoms with Gasteiger partial charge in [0.15, 0.2) is 0 Å². The third-order valence-corrected chi connectivity index (χ3v) is 4.59. The molecule has 1 heterocycles. The van der Waals surface area contributed by atoms with Gasteiger partial charge in [0.2, 0.25) is 0 Å². The number of benzene rings is 2. The predicted octanol–water partition coefficient (Wildman–Crippen LogP) is 4.08. The summed E-state index contributed by atoms with van der Waals surface area (Å²) < 4.78 is 6.07. The smallest absolute Gasteiger partial charge is 0.336 e. The van der Waals surface area contributed by atoms with E-state index in [1.165, 1.54) is 0 Å². The lowest BCUT2D eigenvalue weighted by atomic mass is 9.93. The zero-order valence-electron chi connectivity index (χ0n) is 16.2. The fraction of sp³-hybridized carbons (Fsp3) is 0.364. The Labute approximate surface area is 159 Å². The second-order valence-corrected chi connectivity index (χ2v) is 8.18. The largest absolute Gasteiger partial charge is 0.478 e. The highest BCUT2D eigenvalue weighted by atomic mass is 16.5. The number of rotatable bonds is 3. The third kappa shape index (κ3) is 4.03. The molecule has 0 aliphatic carbocycles. The second kappa shape index (κ2) is 6.82. The van der Waals surface area contributed by atoms with Gasteiger partial charge in [-0.05, 0) is 51.0 Å². The van der Waals surface area contributed by atoms with Crippen molar-refractivity contribution in [3.8, 4) is 11.1 Å². The van der Waals surface area contributed by atoms with E-state index in [4.69, 9.17) is 4.74 Å². The van der Waals surface area contributed by atoms with Crippen LogP contribution in [0.2, 0.25) is 0 Å². The first-order valence-corrected chi connectivity index (χ1v) is 9.01. The number of carboxylic acid groups (broad SMARTS) is 1. The zero-order valence-corrected chi connectivity index (χ0v) is 16.2. The van der Waals surface area contributed by atoms with Crippen LogP contribution in [-0.2, 0) is 4.74 Å². The molecule has 1 saturated heterocycles. The number of nitrogens with zero attached hydrogens (tertiary/aromatic N) is 1. The van der Waals surface area contributed by atoms with Gasteiger partial charge in [-0.3, -0.25) is 4.79 Å². The fourth-order valence-electron chi connectivity index (χ4n) is 3.91. The highest BCUT2D eigenvalue weighted by Crippen LogP contribution is 2.32. The monoisotopic (exact) mass is 367 g/mol. The zero-order chi connectivity index (χ0) is 19.8. The Balaban J connectivity index is 2.05. The number of carbonyl (C=O) groups is 2. The molecule has 1 N–H and O–H groups in total. The summed E-state index contributed by atoms with van der Waals surface area (Å²) in [6, 6.07) is 13.9. The van der Waals surface area contributed by atoms with Gasteiger partial charge in [-0.15, -0.1) is 0 Å². The molecular formula is C22H25NO4. The van der Waals surface area contributed by atoms with E-state index in [2.05, 4.69) is 0 Å². The molecule has 142 valence electrons. The molecule has 0 atom stereocenters. The molecule has 0 spiro atoms. The Morgan fingerprint density at radius 2 is 1.30 bits per heavy atom. The van der Waals surface area contributed by atoms with E-state index >= 15 is 0 Å². The Morgan fingerprint density at radius 3 is 1.81 bits per heavy atom. The summed E-state index contributed by atoms with van der Waals surface area (Å²) in [5.41, 5.74) is 0.944. The minimum Gasteiger partial charge on any atom is -0.478 e. The van der Waals surface area contributed by atoms with E-state index in [0.29, 0.717) is 29.8 Å². The summed E-state index contributed by atoms with van der Waals surface area (Å²) in [5.74, 6) is -1.13. The van der Waals surface area contributed by atoms with E-state index in [-0.39, 0.29) is 11.5 Å². The predicted molar refractivity (Wildman–Crippen MR) is 104 cm³/mol. The Bertz CT molecular complexity index is 869. The van der Waals surface area contributed by atoms with E-state index < -0.39 is 17.2 Å². The molecule has 5 nitrogen and oxygen atoms in total. The minimum atomic E-state index is -1.01. The first-order chi connectivity index (χ1) is 12.6. The number of amides is 1. The molecule has 2 aromatic rings. The van der Waals surface area contributed by atoms with Gasteiger partial charge in [-0.25, -0.2) is 4.79 Å². The molecule has 1 aliphatic heterocycles. The first kappa shape index (κ1) is 19.1. The van der Waals surface area contributed by atoms with Crippen LogP contribution in [-0.4, -0.2) is 46.2 Å². The Hall–Kier alpha value is -2.66. The van der Waals surface area contributed by atoms with E-state index in [0.717, 1.165) is 0 Å².